The summed E-state index contributed by atoms with van der Waals surface area (Å²) in [6.45, 7) is 3.84. The molecule has 0 aliphatic rings. The Bertz CT molecular complexity index is 1100. The summed E-state index contributed by atoms with van der Waals surface area (Å²) >= 11 is 0. The van der Waals surface area contributed by atoms with Crippen molar-refractivity contribution in [3.05, 3.63) is 59.9 Å². The van der Waals surface area contributed by atoms with Crippen LogP contribution in [0, 0.1) is 0 Å². The number of pyridine rings is 1. The Morgan fingerprint density at radius 1 is 0.872 bits per heavy atom. The molecule has 0 unspecified atom stereocenters. The lowest BCUT2D eigenvalue weighted by Gasteiger charge is -2.11. The number of benzene rings is 1. The molecule has 13 nitrogen and oxygen atoms in total. The second kappa shape index (κ2) is 17.6. The summed E-state index contributed by atoms with van der Waals surface area (Å²) in [5, 5.41) is 21.4. The van der Waals surface area contributed by atoms with Crippen LogP contribution in [0.2, 0.25) is 0 Å². The third-order valence-corrected chi connectivity index (χ3v) is 5.18. The summed E-state index contributed by atoms with van der Waals surface area (Å²) in [5.74, 6) is 1.02. The van der Waals surface area contributed by atoms with E-state index >= 15 is 0 Å². The second-order valence-corrected chi connectivity index (χ2v) is 8.35. The predicted molar refractivity (Wildman–Crippen MR) is 149 cm³/mol. The van der Waals surface area contributed by atoms with E-state index < -0.39 is 0 Å². The fraction of sp³-hybridized carbons (Fsp3) is 0.423. The minimum absolute atomic E-state index is 0.0666. The SMILES string of the molecule is NCCOCCOCCNC(=O)Cc1ccc(Nc2nc(NCCCO)nc(NCc3ccccn3)n2)cc1. The molecule has 3 aromatic rings. The molecule has 1 amide bonds. The van der Waals surface area contributed by atoms with Crippen LogP contribution in [0.3, 0.4) is 0 Å². The molecular formula is C26H37N9O4. The highest BCUT2D eigenvalue weighted by Crippen LogP contribution is 2.17. The van der Waals surface area contributed by atoms with Crippen LogP contribution in [0.25, 0.3) is 0 Å². The van der Waals surface area contributed by atoms with Crippen LogP contribution in [0.1, 0.15) is 17.7 Å². The molecule has 3 rings (SSSR count). The maximum absolute atomic E-state index is 12.2. The number of amides is 1. The van der Waals surface area contributed by atoms with Crippen molar-refractivity contribution in [2.75, 3.05) is 68.6 Å². The summed E-state index contributed by atoms with van der Waals surface area (Å²) < 4.78 is 10.6. The molecule has 0 fully saturated rings. The monoisotopic (exact) mass is 539 g/mol. The van der Waals surface area contributed by atoms with Crippen LogP contribution in [0.4, 0.5) is 23.5 Å². The van der Waals surface area contributed by atoms with Crippen molar-refractivity contribution in [1.29, 1.82) is 0 Å². The summed E-state index contributed by atoms with van der Waals surface area (Å²) in [4.78, 5) is 29.8. The lowest BCUT2D eigenvalue weighted by molar-refractivity contribution is -0.120. The molecule has 1 aromatic carbocycles. The predicted octanol–water partition coefficient (Wildman–Crippen LogP) is 1.07. The first-order valence-electron chi connectivity index (χ1n) is 12.9. The number of aromatic nitrogens is 4. The average molecular weight is 540 g/mol. The van der Waals surface area contributed by atoms with E-state index in [1.165, 1.54) is 0 Å². The Hall–Kier alpha value is -3.91. The number of carbonyl (C=O) groups is 1. The molecule has 39 heavy (non-hydrogen) atoms. The number of aliphatic hydroxyl groups excluding tert-OH is 1. The molecule has 0 atom stereocenters. The lowest BCUT2D eigenvalue weighted by Crippen LogP contribution is -2.29. The number of rotatable bonds is 19. The van der Waals surface area contributed by atoms with Crippen molar-refractivity contribution >= 4 is 29.4 Å². The van der Waals surface area contributed by atoms with Gasteiger partial charge in [0.2, 0.25) is 23.8 Å². The number of anilines is 4. The van der Waals surface area contributed by atoms with E-state index in [2.05, 4.69) is 41.2 Å². The lowest BCUT2D eigenvalue weighted by atomic mass is 10.1. The highest BCUT2D eigenvalue weighted by molar-refractivity contribution is 5.78. The zero-order valence-corrected chi connectivity index (χ0v) is 21.9. The summed E-state index contributed by atoms with van der Waals surface area (Å²) in [5.41, 5.74) is 7.83. The number of ether oxygens (including phenoxy) is 2. The number of nitrogens with two attached hydrogens (primary N) is 1. The molecular weight excluding hydrogens is 502 g/mol. The Labute approximate surface area is 228 Å². The van der Waals surface area contributed by atoms with E-state index in [-0.39, 0.29) is 18.9 Å². The molecule has 0 bridgehead atoms. The van der Waals surface area contributed by atoms with Gasteiger partial charge in [0.15, 0.2) is 0 Å². The van der Waals surface area contributed by atoms with Crippen molar-refractivity contribution < 1.29 is 19.4 Å². The van der Waals surface area contributed by atoms with Gasteiger partial charge in [-0.2, -0.15) is 15.0 Å². The minimum atomic E-state index is -0.0848. The van der Waals surface area contributed by atoms with Crippen LogP contribution in [0.5, 0.6) is 0 Å². The Morgan fingerprint density at radius 2 is 1.62 bits per heavy atom. The number of hydrogen-bond donors (Lipinski definition) is 6. The number of nitrogens with one attached hydrogen (secondary N) is 4. The smallest absolute Gasteiger partial charge is 0.233 e. The fourth-order valence-electron chi connectivity index (χ4n) is 3.29. The first-order chi connectivity index (χ1) is 19.2. The number of aliphatic hydroxyl groups is 1. The highest BCUT2D eigenvalue weighted by atomic mass is 16.5. The molecule has 2 heterocycles. The van der Waals surface area contributed by atoms with E-state index in [1.807, 2.05) is 42.5 Å². The molecule has 0 aliphatic carbocycles. The van der Waals surface area contributed by atoms with Gasteiger partial charge in [0.25, 0.3) is 0 Å². The molecule has 0 spiro atoms. The standard InChI is InChI=1S/C26H37N9O4/c27-9-14-38-16-17-39-15-12-29-23(37)18-20-5-7-21(8-6-20)32-26-34-24(30-11-3-13-36)33-25(35-26)31-19-22-4-1-2-10-28-22/h1-2,4-8,10,36H,3,9,11-19,27H2,(H,29,37)(H3,30,31,32,33,34,35). The topological polar surface area (TPSA) is 181 Å². The van der Waals surface area contributed by atoms with Crippen molar-refractivity contribution in [3.8, 4) is 0 Å². The molecule has 0 saturated carbocycles. The van der Waals surface area contributed by atoms with E-state index in [0.29, 0.717) is 76.9 Å². The van der Waals surface area contributed by atoms with Gasteiger partial charge in [0.1, 0.15) is 0 Å². The van der Waals surface area contributed by atoms with Crippen molar-refractivity contribution in [2.24, 2.45) is 5.73 Å². The van der Waals surface area contributed by atoms with Gasteiger partial charge in [-0.05, 0) is 36.2 Å². The largest absolute Gasteiger partial charge is 0.396 e. The maximum atomic E-state index is 12.2. The van der Waals surface area contributed by atoms with E-state index in [9.17, 15) is 4.79 Å². The normalized spacial score (nSPS) is 10.7. The van der Waals surface area contributed by atoms with E-state index in [4.69, 9.17) is 20.3 Å². The molecule has 2 aromatic heterocycles. The fourth-order valence-corrected chi connectivity index (χ4v) is 3.29. The van der Waals surface area contributed by atoms with Gasteiger partial charge >= 0.3 is 0 Å². The van der Waals surface area contributed by atoms with Gasteiger partial charge in [0, 0.05) is 38.1 Å². The van der Waals surface area contributed by atoms with Crippen LogP contribution in [-0.2, 0) is 27.2 Å². The Morgan fingerprint density at radius 3 is 2.33 bits per heavy atom. The van der Waals surface area contributed by atoms with Gasteiger partial charge in [-0.3, -0.25) is 9.78 Å². The van der Waals surface area contributed by atoms with Crippen LogP contribution >= 0.6 is 0 Å². The first-order valence-corrected chi connectivity index (χ1v) is 12.9. The van der Waals surface area contributed by atoms with Gasteiger partial charge in [-0.1, -0.05) is 18.2 Å². The summed E-state index contributed by atoms with van der Waals surface area (Å²) in [6.07, 6.45) is 2.55. The molecule has 7 N–H and O–H groups in total. The molecule has 0 saturated heterocycles. The number of nitrogens with zero attached hydrogens (tertiary/aromatic N) is 4. The molecule has 0 aliphatic heterocycles. The van der Waals surface area contributed by atoms with E-state index in [0.717, 1.165) is 16.9 Å². The second-order valence-electron chi connectivity index (χ2n) is 8.35. The summed E-state index contributed by atoms with van der Waals surface area (Å²) in [7, 11) is 0. The van der Waals surface area contributed by atoms with Gasteiger partial charge in [-0.25, -0.2) is 0 Å². The Balaban J connectivity index is 1.50. The zero-order valence-electron chi connectivity index (χ0n) is 21.9. The molecule has 210 valence electrons. The highest BCUT2D eigenvalue weighted by Gasteiger charge is 2.09. The molecule has 13 heteroatoms. The van der Waals surface area contributed by atoms with Gasteiger partial charge in [0.05, 0.1) is 45.1 Å². The van der Waals surface area contributed by atoms with Gasteiger partial charge in [-0.15, -0.1) is 0 Å². The minimum Gasteiger partial charge on any atom is -0.396 e. The van der Waals surface area contributed by atoms with Crippen LogP contribution in [-0.4, -0.2) is 83.6 Å². The molecule has 0 radical (unpaired) electrons. The van der Waals surface area contributed by atoms with Crippen LogP contribution in [0.15, 0.2) is 48.7 Å². The van der Waals surface area contributed by atoms with Crippen LogP contribution < -0.4 is 27.0 Å². The Kier molecular flexibility index (Phi) is 13.4. The number of carbonyl (C=O) groups excluding carboxylic acids is 1. The third kappa shape index (κ3) is 12.0. The quantitative estimate of drug-likeness (QED) is 0.119. The number of hydrogen-bond acceptors (Lipinski definition) is 12. The third-order valence-electron chi connectivity index (χ3n) is 5.18. The van der Waals surface area contributed by atoms with Crippen molar-refractivity contribution in [2.45, 2.75) is 19.4 Å². The van der Waals surface area contributed by atoms with Gasteiger partial charge < -0.3 is 41.6 Å². The summed E-state index contributed by atoms with van der Waals surface area (Å²) in [6, 6.07) is 13.1. The maximum Gasteiger partial charge on any atom is 0.233 e. The average Bonchev–Trinajstić information content (AvgIpc) is 2.95. The zero-order chi connectivity index (χ0) is 27.5. The van der Waals surface area contributed by atoms with E-state index in [1.54, 1.807) is 6.20 Å². The van der Waals surface area contributed by atoms with Crippen molar-refractivity contribution in [1.82, 2.24) is 25.3 Å². The van der Waals surface area contributed by atoms with Crippen molar-refractivity contribution in [3.63, 3.8) is 0 Å². The first kappa shape index (κ1) is 29.6.